The van der Waals surface area contributed by atoms with E-state index in [-0.39, 0.29) is 11.9 Å². The standard InChI is InChI=1S/C17H28N4O2/c1-12-13(2)23-16(20-12)11-21-8-5-14(6-9-21)10-19-17(22)15-4-3-7-18-15/h14-15,18H,3-11H2,1-2H3,(H,19,22). The van der Waals surface area contributed by atoms with Gasteiger partial charge in [-0.2, -0.15) is 0 Å². The topological polar surface area (TPSA) is 70.4 Å². The quantitative estimate of drug-likeness (QED) is 0.857. The number of nitrogens with zero attached hydrogens (tertiary/aromatic N) is 2. The Morgan fingerprint density at radius 1 is 1.35 bits per heavy atom. The highest BCUT2D eigenvalue weighted by molar-refractivity contribution is 5.81. The number of hydrogen-bond acceptors (Lipinski definition) is 5. The minimum atomic E-state index is 0.0339. The average molecular weight is 320 g/mol. The molecule has 3 heterocycles. The minimum Gasteiger partial charge on any atom is -0.444 e. The fourth-order valence-corrected chi connectivity index (χ4v) is 3.42. The van der Waals surface area contributed by atoms with Gasteiger partial charge in [0.05, 0.1) is 18.3 Å². The average Bonchev–Trinajstić information content (AvgIpc) is 3.17. The number of carbonyl (C=O) groups excluding carboxylic acids is 1. The Hall–Kier alpha value is -1.40. The molecule has 0 spiro atoms. The van der Waals surface area contributed by atoms with Crippen molar-refractivity contribution in [2.45, 2.75) is 52.1 Å². The molecule has 2 N–H and O–H groups in total. The van der Waals surface area contributed by atoms with Gasteiger partial charge in [0, 0.05) is 6.54 Å². The predicted molar refractivity (Wildman–Crippen MR) is 88.0 cm³/mol. The van der Waals surface area contributed by atoms with Crippen LogP contribution >= 0.6 is 0 Å². The molecule has 6 nitrogen and oxygen atoms in total. The summed E-state index contributed by atoms with van der Waals surface area (Å²) in [6.45, 7) is 8.60. The normalized spacial score (nSPS) is 23.3. The van der Waals surface area contributed by atoms with Crippen molar-refractivity contribution < 1.29 is 9.21 Å². The van der Waals surface area contributed by atoms with Gasteiger partial charge in [-0.1, -0.05) is 0 Å². The van der Waals surface area contributed by atoms with Crippen molar-refractivity contribution >= 4 is 5.91 Å². The lowest BCUT2D eigenvalue weighted by Crippen LogP contribution is -2.44. The summed E-state index contributed by atoms with van der Waals surface area (Å²) in [5.41, 5.74) is 0.984. The van der Waals surface area contributed by atoms with E-state index in [9.17, 15) is 4.79 Å². The van der Waals surface area contributed by atoms with Crippen LogP contribution in [0.3, 0.4) is 0 Å². The molecular formula is C17H28N4O2. The van der Waals surface area contributed by atoms with Gasteiger partial charge in [-0.15, -0.1) is 0 Å². The molecule has 1 aromatic rings. The third kappa shape index (κ3) is 4.32. The largest absolute Gasteiger partial charge is 0.444 e. The number of hydrogen-bond donors (Lipinski definition) is 2. The van der Waals surface area contributed by atoms with Crippen molar-refractivity contribution in [3.63, 3.8) is 0 Å². The smallest absolute Gasteiger partial charge is 0.237 e. The zero-order chi connectivity index (χ0) is 16.2. The monoisotopic (exact) mass is 320 g/mol. The molecule has 0 aliphatic carbocycles. The van der Waals surface area contributed by atoms with E-state index >= 15 is 0 Å². The number of nitrogens with one attached hydrogen (secondary N) is 2. The molecule has 23 heavy (non-hydrogen) atoms. The highest BCUT2D eigenvalue weighted by atomic mass is 16.4. The van der Waals surface area contributed by atoms with Gasteiger partial charge in [-0.05, 0) is 65.1 Å². The first-order valence-electron chi connectivity index (χ1n) is 8.78. The summed E-state index contributed by atoms with van der Waals surface area (Å²) in [6, 6.07) is 0.0339. The van der Waals surface area contributed by atoms with Crippen LogP contribution in [0.15, 0.2) is 4.42 Å². The van der Waals surface area contributed by atoms with Gasteiger partial charge in [0.2, 0.25) is 11.8 Å². The molecule has 1 aromatic heterocycles. The van der Waals surface area contributed by atoms with Gasteiger partial charge < -0.3 is 15.1 Å². The van der Waals surface area contributed by atoms with E-state index in [0.717, 1.165) is 75.8 Å². The number of piperidine rings is 1. The fraction of sp³-hybridized carbons (Fsp3) is 0.765. The molecule has 1 atom stereocenters. The molecule has 0 radical (unpaired) electrons. The first-order chi connectivity index (χ1) is 11.1. The van der Waals surface area contributed by atoms with Crippen LogP contribution in [0.5, 0.6) is 0 Å². The Morgan fingerprint density at radius 2 is 2.13 bits per heavy atom. The highest BCUT2D eigenvalue weighted by Gasteiger charge is 2.24. The van der Waals surface area contributed by atoms with Gasteiger partial charge in [0.1, 0.15) is 5.76 Å². The SMILES string of the molecule is Cc1nc(CN2CCC(CNC(=O)C3CCCN3)CC2)oc1C. The van der Waals surface area contributed by atoms with Crippen molar-refractivity contribution in [1.82, 2.24) is 20.5 Å². The molecule has 1 amide bonds. The Balaban J connectivity index is 1.37. The predicted octanol–water partition coefficient (Wildman–Crippen LogP) is 1.37. The van der Waals surface area contributed by atoms with Crippen LogP contribution < -0.4 is 10.6 Å². The molecule has 1 unspecified atom stereocenters. The van der Waals surface area contributed by atoms with Gasteiger partial charge in [-0.25, -0.2) is 4.98 Å². The molecule has 2 fully saturated rings. The Bertz CT molecular complexity index is 509. The van der Waals surface area contributed by atoms with Crippen LogP contribution in [0.25, 0.3) is 0 Å². The number of carbonyl (C=O) groups is 1. The van der Waals surface area contributed by atoms with Gasteiger partial charge in [0.25, 0.3) is 0 Å². The first-order valence-corrected chi connectivity index (χ1v) is 8.78. The van der Waals surface area contributed by atoms with E-state index in [0.29, 0.717) is 5.92 Å². The van der Waals surface area contributed by atoms with Crippen LogP contribution in [-0.4, -0.2) is 48.0 Å². The highest BCUT2D eigenvalue weighted by Crippen LogP contribution is 2.19. The summed E-state index contributed by atoms with van der Waals surface area (Å²) in [5.74, 6) is 2.50. The third-order valence-corrected chi connectivity index (χ3v) is 5.08. The lowest BCUT2D eigenvalue weighted by atomic mass is 9.96. The van der Waals surface area contributed by atoms with Crippen molar-refractivity contribution in [2.75, 3.05) is 26.2 Å². The summed E-state index contributed by atoms with van der Waals surface area (Å²) in [6.07, 6.45) is 4.32. The second kappa shape index (κ2) is 7.45. The molecule has 0 bridgehead atoms. The van der Waals surface area contributed by atoms with E-state index in [1.54, 1.807) is 0 Å². The number of rotatable bonds is 5. The van der Waals surface area contributed by atoms with E-state index in [4.69, 9.17) is 4.42 Å². The molecule has 2 aliphatic heterocycles. The number of amides is 1. The third-order valence-electron chi connectivity index (χ3n) is 5.08. The fourth-order valence-electron chi connectivity index (χ4n) is 3.42. The Morgan fingerprint density at radius 3 is 2.74 bits per heavy atom. The van der Waals surface area contributed by atoms with Crippen molar-refractivity contribution in [2.24, 2.45) is 5.92 Å². The van der Waals surface area contributed by atoms with Gasteiger partial charge in [-0.3, -0.25) is 9.69 Å². The first kappa shape index (κ1) is 16.5. The van der Waals surface area contributed by atoms with Crippen LogP contribution in [-0.2, 0) is 11.3 Å². The van der Waals surface area contributed by atoms with E-state index in [1.807, 2.05) is 13.8 Å². The molecule has 2 aliphatic rings. The lowest BCUT2D eigenvalue weighted by Gasteiger charge is -2.31. The summed E-state index contributed by atoms with van der Waals surface area (Å²) in [4.78, 5) is 18.9. The van der Waals surface area contributed by atoms with Crippen molar-refractivity contribution in [3.8, 4) is 0 Å². The molecule has 2 saturated heterocycles. The van der Waals surface area contributed by atoms with Gasteiger partial charge in [0.15, 0.2) is 0 Å². The van der Waals surface area contributed by atoms with Gasteiger partial charge >= 0.3 is 0 Å². The van der Waals surface area contributed by atoms with E-state index in [2.05, 4.69) is 20.5 Å². The van der Waals surface area contributed by atoms with E-state index in [1.165, 1.54) is 0 Å². The van der Waals surface area contributed by atoms with Crippen LogP contribution in [0, 0.1) is 19.8 Å². The van der Waals surface area contributed by atoms with Crippen LogP contribution in [0.2, 0.25) is 0 Å². The summed E-state index contributed by atoms with van der Waals surface area (Å²) >= 11 is 0. The number of aromatic nitrogens is 1. The summed E-state index contributed by atoms with van der Waals surface area (Å²) in [7, 11) is 0. The molecule has 0 saturated carbocycles. The zero-order valence-corrected chi connectivity index (χ0v) is 14.2. The number of oxazole rings is 1. The molecule has 0 aromatic carbocycles. The summed E-state index contributed by atoms with van der Waals surface area (Å²) in [5, 5.41) is 6.37. The Kier molecular flexibility index (Phi) is 5.33. The lowest BCUT2D eigenvalue weighted by molar-refractivity contribution is -0.123. The molecule has 6 heteroatoms. The van der Waals surface area contributed by atoms with Crippen LogP contribution in [0.1, 0.15) is 43.0 Å². The molecule has 3 rings (SSSR count). The second-order valence-corrected chi connectivity index (χ2v) is 6.86. The number of aryl methyl sites for hydroxylation is 2. The maximum Gasteiger partial charge on any atom is 0.237 e. The second-order valence-electron chi connectivity index (χ2n) is 6.86. The van der Waals surface area contributed by atoms with Crippen molar-refractivity contribution in [1.29, 1.82) is 0 Å². The summed E-state index contributed by atoms with van der Waals surface area (Å²) < 4.78 is 5.66. The van der Waals surface area contributed by atoms with Crippen molar-refractivity contribution in [3.05, 3.63) is 17.3 Å². The Labute approximate surface area is 138 Å². The zero-order valence-electron chi connectivity index (χ0n) is 14.2. The minimum absolute atomic E-state index is 0.0339. The maximum atomic E-state index is 12.0. The molecule has 128 valence electrons. The molecular weight excluding hydrogens is 292 g/mol. The van der Waals surface area contributed by atoms with E-state index < -0.39 is 0 Å². The maximum absolute atomic E-state index is 12.0. The number of likely N-dealkylation sites (tertiary alicyclic amines) is 1. The van der Waals surface area contributed by atoms with Crippen LogP contribution in [0.4, 0.5) is 0 Å².